The van der Waals surface area contributed by atoms with Crippen LogP contribution in [0, 0.1) is 5.92 Å². The van der Waals surface area contributed by atoms with Gasteiger partial charge in [-0.1, -0.05) is 11.8 Å². The molecule has 2 aliphatic rings. The van der Waals surface area contributed by atoms with Crippen molar-refractivity contribution in [2.75, 3.05) is 18.4 Å². The minimum atomic E-state index is -2.47. The summed E-state index contributed by atoms with van der Waals surface area (Å²) < 4.78 is 24.6. The van der Waals surface area contributed by atoms with Crippen molar-refractivity contribution >= 4 is 29.4 Å². The topological polar surface area (TPSA) is 81.7 Å². The molecule has 0 aliphatic heterocycles. The molecule has 148 valence electrons. The second-order valence-electron chi connectivity index (χ2n) is 7.09. The summed E-state index contributed by atoms with van der Waals surface area (Å²) in [4.78, 5) is 25.5. The van der Waals surface area contributed by atoms with Crippen molar-refractivity contribution in [1.82, 2.24) is 10.2 Å². The molecule has 1 aromatic carbocycles. The molecule has 0 bridgehead atoms. The zero-order chi connectivity index (χ0) is 19.4. The summed E-state index contributed by atoms with van der Waals surface area (Å²) in [5.74, 6) is -2.68. The number of amides is 2. The van der Waals surface area contributed by atoms with Crippen molar-refractivity contribution in [2.45, 2.75) is 48.4 Å². The van der Waals surface area contributed by atoms with Crippen LogP contribution in [0.4, 0.5) is 19.3 Å². The van der Waals surface area contributed by atoms with E-state index in [-0.39, 0.29) is 24.7 Å². The van der Waals surface area contributed by atoms with E-state index in [9.17, 15) is 18.4 Å². The lowest BCUT2D eigenvalue weighted by Gasteiger charge is -2.42. The quantitative estimate of drug-likeness (QED) is 0.554. The largest absolute Gasteiger partial charge is 0.480 e. The first-order valence-corrected chi connectivity index (χ1v) is 9.85. The fourth-order valence-electron chi connectivity index (χ4n) is 3.22. The Bertz CT molecular complexity index is 664. The monoisotopic (exact) mass is 399 g/mol. The molecule has 0 radical (unpaired) electrons. The Kier molecular flexibility index (Phi) is 6.54. The highest BCUT2D eigenvalue weighted by molar-refractivity contribution is 7.99. The molecule has 0 spiro atoms. The first-order valence-electron chi connectivity index (χ1n) is 8.97. The van der Waals surface area contributed by atoms with Gasteiger partial charge in [-0.3, -0.25) is 9.69 Å². The van der Waals surface area contributed by atoms with E-state index in [1.165, 1.54) is 25.0 Å². The van der Waals surface area contributed by atoms with Crippen molar-refractivity contribution < 1.29 is 23.5 Å². The third kappa shape index (κ3) is 6.35. The summed E-state index contributed by atoms with van der Waals surface area (Å²) in [5.41, 5.74) is 0.531. The number of urea groups is 1. The minimum absolute atomic E-state index is 0.0131. The molecule has 2 amide bonds. The SMILES string of the molecule is O=C(O)CN(CC1CC1)C1CC(NC(=O)Nc2ccc(SC(F)F)cc2)C1. The number of nitrogens with one attached hydrogen (secondary N) is 2. The van der Waals surface area contributed by atoms with Crippen LogP contribution < -0.4 is 10.6 Å². The normalized spacial score (nSPS) is 21.8. The predicted octanol–water partition coefficient (Wildman–Crippen LogP) is 3.45. The highest BCUT2D eigenvalue weighted by Gasteiger charge is 2.37. The zero-order valence-electron chi connectivity index (χ0n) is 14.7. The first kappa shape index (κ1) is 19.9. The van der Waals surface area contributed by atoms with Gasteiger partial charge in [0, 0.05) is 29.2 Å². The van der Waals surface area contributed by atoms with Crippen LogP contribution in [0.25, 0.3) is 0 Å². The Morgan fingerprint density at radius 1 is 1.22 bits per heavy atom. The number of thioether (sulfide) groups is 1. The van der Waals surface area contributed by atoms with Crippen molar-refractivity contribution in [3.8, 4) is 0 Å². The molecule has 2 fully saturated rings. The van der Waals surface area contributed by atoms with Gasteiger partial charge in [-0.05, 0) is 55.9 Å². The van der Waals surface area contributed by atoms with Crippen molar-refractivity contribution in [3.63, 3.8) is 0 Å². The number of hydrogen-bond acceptors (Lipinski definition) is 4. The minimum Gasteiger partial charge on any atom is -0.480 e. The molecule has 2 saturated carbocycles. The van der Waals surface area contributed by atoms with Crippen molar-refractivity contribution in [2.24, 2.45) is 5.92 Å². The van der Waals surface area contributed by atoms with Crippen LogP contribution in [0.1, 0.15) is 25.7 Å². The second-order valence-corrected chi connectivity index (χ2v) is 8.15. The van der Waals surface area contributed by atoms with Crippen molar-refractivity contribution in [3.05, 3.63) is 24.3 Å². The molecule has 1 aromatic rings. The summed E-state index contributed by atoms with van der Waals surface area (Å²) in [6.07, 6.45) is 3.80. The van der Waals surface area contributed by atoms with Gasteiger partial charge in [0.05, 0.1) is 6.54 Å². The lowest BCUT2D eigenvalue weighted by molar-refractivity contribution is -0.139. The van der Waals surface area contributed by atoms with Crippen LogP contribution in [-0.4, -0.2) is 52.9 Å². The van der Waals surface area contributed by atoms with E-state index < -0.39 is 11.7 Å². The average molecular weight is 399 g/mol. The number of alkyl halides is 2. The molecule has 0 atom stereocenters. The van der Waals surface area contributed by atoms with Gasteiger partial charge in [0.15, 0.2) is 0 Å². The summed E-state index contributed by atoms with van der Waals surface area (Å²) in [6, 6.07) is 6.09. The number of carboxylic acids is 1. The molecule has 6 nitrogen and oxygen atoms in total. The number of halogens is 2. The van der Waals surface area contributed by atoms with Gasteiger partial charge in [-0.25, -0.2) is 4.79 Å². The Labute approximate surface area is 160 Å². The number of carbonyl (C=O) groups excluding carboxylic acids is 1. The smallest absolute Gasteiger partial charge is 0.319 e. The number of carboxylic acid groups (broad SMARTS) is 1. The third-order valence-corrected chi connectivity index (χ3v) is 5.55. The lowest BCUT2D eigenvalue weighted by atomic mass is 9.85. The van der Waals surface area contributed by atoms with Crippen LogP contribution in [0.15, 0.2) is 29.2 Å². The fraction of sp³-hybridized carbons (Fsp3) is 0.556. The first-order chi connectivity index (χ1) is 12.9. The van der Waals surface area contributed by atoms with Gasteiger partial charge in [0.1, 0.15) is 0 Å². The highest BCUT2D eigenvalue weighted by atomic mass is 32.2. The van der Waals surface area contributed by atoms with Crippen LogP contribution in [-0.2, 0) is 4.79 Å². The molecule has 2 aliphatic carbocycles. The van der Waals surface area contributed by atoms with E-state index in [0.717, 1.165) is 19.4 Å². The highest BCUT2D eigenvalue weighted by Crippen LogP contribution is 2.33. The molecule has 9 heteroatoms. The van der Waals surface area contributed by atoms with Crippen LogP contribution in [0.5, 0.6) is 0 Å². The van der Waals surface area contributed by atoms with Crippen molar-refractivity contribution in [1.29, 1.82) is 0 Å². The van der Waals surface area contributed by atoms with E-state index in [1.807, 2.05) is 4.90 Å². The molecule has 0 unspecified atom stereocenters. The van der Waals surface area contributed by atoms with Gasteiger partial charge >= 0.3 is 12.0 Å². The average Bonchev–Trinajstić information content (AvgIpc) is 3.35. The summed E-state index contributed by atoms with van der Waals surface area (Å²) in [5, 5.41) is 14.6. The Hall–Kier alpha value is -1.87. The maximum absolute atomic E-state index is 12.3. The van der Waals surface area contributed by atoms with E-state index in [2.05, 4.69) is 10.6 Å². The van der Waals surface area contributed by atoms with Gasteiger partial charge in [-0.2, -0.15) is 8.78 Å². The fourth-order valence-corrected chi connectivity index (χ4v) is 3.72. The number of carbonyl (C=O) groups is 2. The van der Waals surface area contributed by atoms with E-state index in [0.29, 0.717) is 28.3 Å². The number of nitrogens with zero attached hydrogens (tertiary/aromatic N) is 1. The van der Waals surface area contributed by atoms with Gasteiger partial charge in [-0.15, -0.1) is 0 Å². The Morgan fingerprint density at radius 3 is 2.44 bits per heavy atom. The summed E-state index contributed by atoms with van der Waals surface area (Å²) >= 11 is 0.457. The molecular weight excluding hydrogens is 376 g/mol. The molecule has 3 N–H and O–H groups in total. The summed E-state index contributed by atoms with van der Waals surface area (Å²) in [6.45, 7) is 0.863. The number of rotatable bonds is 9. The molecule has 27 heavy (non-hydrogen) atoms. The standard InChI is InChI=1S/C18H23F2N3O3S/c19-17(20)27-15-5-3-12(4-6-15)21-18(26)22-13-7-14(8-13)23(10-16(24)25)9-11-1-2-11/h3-6,11,13-14,17H,1-2,7-10H2,(H,24,25)(H2,21,22,26). The molecule has 0 heterocycles. The maximum atomic E-state index is 12.3. The molecular formula is C18H23F2N3O3S. The number of benzene rings is 1. The lowest BCUT2D eigenvalue weighted by Crippen LogP contribution is -2.55. The maximum Gasteiger partial charge on any atom is 0.319 e. The Morgan fingerprint density at radius 2 is 1.89 bits per heavy atom. The molecule has 3 rings (SSSR count). The molecule has 0 saturated heterocycles. The number of aliphatic carboxylic acids is 1. The van der Waals surface area contributed by atoms with E-state index >= 15 is 0 Å². The van der Waals surface area contributed by atoms with Gasteiger partial charge < -0.3 is 15.7 Å². The van der Waals surface area contributed by atoms with Crippen LogP contribution in [0.3, 0.4) is 0 Å². The number of anilines is 1. The van der Waals surface area contributed by atoms with E-state index in [4.69, 9.17) is 5.11 Å². The van der Waals surface area contributed by atoms with Gasteiger partial charge in [0.25, 0.3) is 5.76 Å². The van der Waals surface area contributed by atoms with Gasteiger partial charge in [0.2, 0.25) is 0 Å². The Balaban J connectivity index is 1.41. The zero-order valence-corrected chi connectivity index (χ0v) is 15.6. The molecule has 0 aromatic heterocycles. The summed E-state index contributed by atoms with van der Waals surface area (Å²) in [7, 11) is 0. The van der Waals surface area contributed by atoms with Crippen LogP contribution in [0.2, 0.25) is 0 Å². The predicted molar refractivity (Wildman–Crippen MR) is 99.2 cm³/mol. The van der Waals surface area contributed by atoms with E-state index in [1.54, 1.807) is 12.1 Å². The number of hydrogen-bond donors (Lipinski definition) is 3. The second kappa shape index (κ2) is 8.88. The van der Waals surface area contributed by atoms with Crippen LogP contribution >= 0.6 is 11.8 Å². The third-order valence-electron chi connectivity index (χ3n) is 4.83.